The molecule has 2 aliphatic rings. The summed E-state index contributed by atoms with van der Waals surface area (Å²) in [6.07, 6.45) is -3.28. The number of morpholine rings is 1. The summed E-state index contributed by atoms with van der Waals surface area (Å²) in [6.45, 7) is 3.20. The minimum absolute atomic E-state index is 0.00639. The zero-order valence-electron chi connectivity index (χ0n) is 17.1. The lowest BCUT2D eigenvalue weighted by Gasteiger charge is -2.32. The number of nitrogens with zero attached hydrogens (tertiary/aromatic N) is 4. The highest BCUT2D eigenvalue weighted by Gasteiger charge is 2.42. The van der Waals surface area contributed by atoms with Gasteiger partial charge in [-0.15, -0.1) is 0 Å². The minimum Gasteiger partial charge on any atom is -0.368 e. The van der Waals surface area contributed by atoms with Crippen molar-refractivity contribution in [2.75, 3.05) is 26.7 Å². The van der Waals surface area contributed by atoms with Gasteiger partial charge >= 0.3 is 12.2 Å². The van der Waals surface area contributed by atoms with Crippen LogP contribution in [0.1, 0.15) is 54.8 Å². The Balaban J connectivity index is 1.59. The zero-order valence-corrected chi connectivity index (χ0v) is 17.1. The van der Waals surface area contributed by atoms with E-state index in [-0.39, 0.29) is 30.9 Å². The molecule has 0 spiro atoms. The number of carbonyl (C=O) groups excluding carboxylic acids is 1. The van der Waals surface area contributed by atoms with Crippen molar-refractivity contribution >= 4 is 11.7 Å². The third-order valence-corrected chi connectivity index (χ3v) is 6.11. The van der Waals surface area contributed by atoms with Gasteiger partial charge in [0.05, 0.1) is 30.5 Å². The number of aryl methyl sites for hydroxylation is 1. The molecule has 1 aliphatic heterocycles. The summed E-state index contributed by atoms with van der Waals surface area (Å²) in [5, 5.41) is 7.34. The SMILES string of the molecule is CNC(=O)N1CCO[C@@H](c2cc(C)nc3cc(C4CCC(C(F)(F)F)CC4)nn23)C1. The van der Waals surface area contributed by atoms with Crippen molar-refractivity contribution in [3.8, 4) is 0 Å². The quantitative estimate of drug-likeness (QED) is 0.798. The van der Waals surface area contributed by atoms with E-state index in [1.165, 1.54) is 0 Å². The van der Waals surface area contributed by atoms with Crippen LogP contribution in [-0.2, 0) is 4.74 Å². The van der Waals surface area contributed by atoms with Gasteiger partial charge in [0, 0.05) is 31.3 Å². The van der Waals surface area contributed by atoms with Crippen LogP contribution in [0.4, 0.5) is 18.0 Å². The smallest absolute Gasteiger partial charge is 0.368 e. The van der Waals surface area contributed by atoms with Gasteiger partial charge in [0.15, 0.2) is 5.65 Å². The molecule has 1 saturated heterocycles. The van der Waals surface area contributed by atoms with Crippen LogP contribution in [0.5, 0.6) is 0 Å². The maximum atomic E-state index is 13.0. The fourth-order valence-electron chi connectivity index (χ4n) is 4.46. The number of carbonyl (C=O) groups is 1. The number of alkyl halides is 3. The Morgan fingerprint density at radius 1 is 1.23 bits per heavy atom. The molecule has 2 amide bonds. The molecule has 0 aromatic carbocycles. The molecule has 2 aromatic rings. The van der Waals surface area contributed by atoms with Crippen molar-refractivity contribution in [2.24, 2.45) is 5.92 Å². The van der Waals surface area contributed by atoms with Gasteiger partial charge in [-0.1, -0.05) is 0 Å². The predicted molar refractivity (Wildman–Crippen MR) is 103 cm³/mol. The van der Waals surface area contributed by atoms with E-state index >= 15 is 0 Å². The standard InChI is InChI=1S/C20H26F3N5O2/c1-12-9-16(17-11-27(7-8-30-17)19(29)24-2)28-18(25-12)10-15(26-28)13-3-5-14(6-4-13)20(21,22)23/h9-10,13-14,17H,3-8,11H2,1-2H3,(H,24,29)/t13?,14?,17-/m1/s1. The number of ether oxygens (including phenoxy) is 1. The molecule has 0 radical (unpaired) electrons. The molecule has 10 heteroatoms. The molecule has 1 N–H and O–H groups in total. The Morgan fingerprint density at radius 3 is 2.63 bits per heavy atom. The summed E-state index contributed by atoms with van der Waals surface area (Å²) in [5.41, 5.74) is 3.01. The third-order valence-electron chi connectivity index (χ3n) is 6.11. The Morgan fingerprint density at radius 2 is 1.97 bits per heavy atom. The van der Waals surface area contributed by atoms with E-state index in [1.54, 1.807) is 16.5 Å². The van der Waals surface area contributed by atoms with E-state index in [0.29, 0.717) is 38.2 Å². The monoisotopic (exact) mass is 425 g/mol. The Hall–Kier alpha value is -2.36. The molecule has 3 heterocycles. The highest BCUT2D eigenvalue weighted by molar-refractivity contribution is 5.73. The number of hydrogen-bond acceptors (Lipinski definition) is 4. The fraction of sp³-hybridized carbons (Fsp3) is 0.650. The number of nitrogens with one attached hydrogen (secondary N) is 1. The number of aromatic nitrogens is 3. The van der Waals surface area contributed by atoms with E-state index in [1.807, 2.05) is 19.1 Å². The number of amides is 2. The van der Waals surface area contributed by atoms with Crippen molar-refractivity contribution in [3.63, 3.8) is 0 Å². The van der Waals surface area contributed by atoms with Crippen molar-refractivity contribution in [3.05, 3.63) is 29.2 Å². The lowest BCUT2D eigenvalue weighted by molar-refractivity contribution is -0.182. The van der Waals surface area contributed by atoms with Gasteiger partial charge < -0.3 is 15.0 Å². The number of rotatable bonds is 2. The van der Waals surface area contributed by atoms with Gasteiger partial charge in [-0.25, -0.2) is 14.3 Å². The summed E-state index contributed by atoms with van der Waals surface area (Å²) in [6, 6.07) is 3.60. The molecule has 1 saturated carbocycles. The number of halogens is 3. The maximum absolute atomic E-state index is 13.0. The summed E-state index contributed by atoms with van der Waals surface area (Å²) in [4.78, 5) is 18.3. The van der Waals surface area contributed by atoms with Gasteiger partial charge in [-0.3, -0.25) is 0 Å². The van der Waals surface area contributed by atoms with Crippen LogP contribution in [0.2, 0.25) is 0 Å². The third kappa shape index (κ3) is 4.10. The molecular formula is C20H26F3N5O2. The molecule has 1 atom stereocenters. The number of hydrogen-bond donors (Lipinski definition) is 1. The van der Waals surface area contributed by atoms with Crippen LogP contribution in [0, 0.1) is 12.8 Å². The molecular weight excluding hydrogens is 399 g/mol. The fourth-order valence-corrected chi connectivity index (χ4v) is 4.46. The van der Waals surface area contributed by atoms with E-state index in [0.717, 1.165) is 17.1 Å². The van der Waals surface area contributed by atoms with Crippen LogP contribution in [0.3, 0.4) is 0 Å². The number of urea groups is 1. The van der Waals surface area contributed by atoms with Crippen molar-refractivity contribution < 1.29 is 22.7 Å². The minimum atomic E-state index is -4.12. The molecule has 0 unspecified atom stereocenters. The van der Waals surface area contributed by atoms with Crippen LogP contribution in [0.25, 0.3) is 5.65 Å². The topological polar surface area (TPSA) is 71.8 Å². The molecule has 0 bridgehead atoms. The lowest BCUT2D eigenvalue weighted by Crippen LogP contribution is -2.46. The van der Waals surface area contributed by atoms with Gasteiger partial charge in [0.2, 0.25) is 0 Å². The molecule has 164 valence electrons. The molecule has 2 aromatic heterocycles. The molecule has 4 rings (SSSR count). The van der Waals surface area contributed by atoms with Gasteiger partial charge in [-0.05, 0) is 38.7 Å². The predicted octanol–water partition coefficient (Wildman–Crippen LogP) is 3.59. The largest absolute Gasteiger partial charge is 0.391 e. The summed E-state index contributed by atoms with van der Waals surface area (Å²) in [5.74, 6) is -1.22. The molecule has 1 aliphatic carbocycles. The summed E-state index contributed by atoms with van der Waals surface area (Å²) in [7, 11) is 1.59. The molecule has 2 fully saturated rings. The van der Waals surface area contributed by atoms with E-state index in [4.69, 9.17) is 9.84 Å². The second-order valence-electron chi connectivity index (χ2n) is 8.11. The maximum Gasteiger partial charge on any atom is 0.391 e. The van der Waals surface area contributed by atoms with Crippen molar-refractivity contribution in [1.29, 1.82) is 0 Å². The summed E-state index contributed by atoms with van der Waals surface area (Å²) < 4.78 is 46.6. The Kier molecular flexibility index (Phi) is 5.61. The van der Waals surface area contributed by atoms with Crippen molar-refractivity contribution in [1.82, 2.24) is 24.8 Å². The summed E-state index contributed by atoms with van der Waals surface area (Å²) >= 11 is 0. The average Bonchev–Trinajstić information content (AvgIpc) is 3.16. The normalized spacial score (nSPS) is 25.5. The number of fused-ring (bicyclic) bond motifs is 1. The first-order valence-electron chi connectivity index (χ1n) is 10.3. The van der Waals surface area contributed by atoms with Crippen molar-refractivity contribution in [2.45, 2.75) is 50.8 Å². The van der Waals surface area contributed by atoms with E-state index < -0.39 is 12.1 Å². The van der Waals surface area contributed by atoms with Crippen LogP contribution < -0.4 is 5.32 Å². The van der Waals surface area contributed by atoms with E-state index in [2.05, 4.69) is 10.3 Å². The first kappa shape index (κ1) is 20.9. The van der Waals surface area contributed by atoms with Gasteiger partial charge in [0.1, 0.15) is 6.10 Å². The molecule has 7 nitrogen and oxygen atoms in total. The first-order chi connectivity index (χ1) is 14.3. The highest BCUT2D eigenvalue weighted by atomic mass is 19.4. The average molecular weight is 425 g/mol. The molecule has 30 heavy (non-hydrogen) atoms. The van der Waals surface area contributed by atoms with Crippen LogP contribution in [0.15, 0.2) is 12.1 Å². The Labute approximate surface area is 172 Å². The van der Waals surface area contributed by atoms with Crippen LogP contribution in [-0.4, -0.2) is 58.4 Å². The lowest BCUT2D eigenvalue weighted by atomic mass is 9.80. The zero-order chi connectivity index (χ0) is 21.5. The van der Waals surface area contributed by atoms with Gasteiger partial charge in [0.25, 0.3) is 0 Å². The second-order valence-corrected chi connectivity index (χ2v) is 8.11. The van der Waals surface area contributed by atoms with Crippen LogP contribution >= 0.6 is 0 Å². The Bertz CT molecular complexity index is 921. The van der Waals surface area contributed by atoms with E-state index in [9.17, 15) is 18.0 Å². The first-order valence-corrected chi connectivity index (χ1v) is 10.3. The highest BCUT2D eigenvalue weighted by Crippen LogP contribution is 2.42. The second kappa shape index (κ2) is 8.05. The van der Waals surface area contributed by atoms with Gasteiger partial charge in [-0.2, -0.15) is 18.3 Å².